The molecule has 0 aliphatic carbocycles. The molecule has 0 amide bonds. The highest BCUT2D eigenvalue weighted by Crippen LogP contribution is 2.18. The highest BCUT2D eigenvalue weighted by atomic mass is 32.1. The van der Waals surface area contributed by atoms with Crippen molar-refractivity contribution < 1.29 is 0 Å². The van der Waals surface area contributed by atoms with E-state index in [1.807, 2.05) is 24.6 Å². The fourth-order valence-electron chi connectivity index (χ4n) is 1.52. The van der Waals surface area contributed by atoms with Gasteiger partial charge in [0.25, 0.3) is 0 Å². The van der Waals surface area contributed by atoms with Crippen LogP contribution >= 0.6 is 11.3 Å². The maximum Gasteiger partial charge on any atom is 0.224 e. The molecule has 5 nitrogen and oxygen atoms in total. The van der Waals surface area contributed by atoms with Crippen LogP contribution in [0, 0.1) is 0 Å². The van der Waals surface area contributed by atoms with E-state index in [9.17, 15) is 0 Å². The molecule has 1 atom stereocenters. The highest BCUT2D eigenvalue weighted by molar-refractivity contribution is 7.09. The van der Waals surface area contributed by atoms with Crippen LogP contribution in [0.15, 0.2) is 23.8 Å². The minimum atomic E-state index is 0.377. The lowest BCUT2D eigenvalue weighted by atomic mass is 10.2. The van der Waals surface area contributed by atoms with Crippen molar-refractivity contribution in [2.24, 2.45) is 0 Å². The number of hydrogen-bond acceptors (Lipinski definition) is 6. The quantitative estimate of drug-likeness (QED) is 0.838. The molecule has 2 aromatic heterocycles. The summed E-state index contributed by atoms with van der Waals surface area (Å²) < 4.78 is 0. The first-order valence-electron chi connectivity index (χ1n) is 5.99. The number of rotatable bonds is 6. The Bertz CT molecular complexity index is 471. The smallest absolute Gasteiger partial charge is 0.224 e. The van der Waals surface area contributed by atoms with Crippen molar-refractivity contribution in [1.29, 1.82) is 0 Å². The van der Waals surface area contributed by atoms with Crippen LogP contribution in [0.25, 0.3) is 0 Å². The molecular weight excluding hydrogens is 246 g/mol. The van der Waals surface area contributed by atoms with E-state index in [1.165, 1.54) is 0 Å². The Balaban J connectivity index is 1.91. The second-order valence-corrected chi connectivity index (χ2v) is 4.87. The van der Waals surface area contributed by atoms with Gasteiger partial charge in [-0.25, -0.2) is 9.97 Å². The van der Waals surface area contributed by atoms with Gasteiger partial charge in [-0.05, 0) is 13.0 Å². The molecule has 2 heterocycles. The summed E-state index contributed by atoms with van der Waals surface area (Å²) in [5.41, 5.74) is 0. The number of thiazole rings is 1. The molecule has 0 aromatic carbocycles. The van der Waals surface area contributed by atoms with Gasteiger partial charge in [-0.3, -0.25) is 0 Å². The zero-order valence-electron chi connectivity index (χ0n) is 10.6. The second kappa shape index (κ2) is 6.30. The summed E-state index contributed by atoms with van der Waals surface area (Å²) in [5, 5.41) is 9.54. The van der Waals surface area contributed by atoms with Crippen molar-refractivity contribution in [3.8, 4) is 0 Å². The molecular formula is C12H17N5S. The standard InChI is InChI=1S/C12H17N5S/c1-3-13-12-15-5-4-10(17-12)16-8-9(2)11-14-6-7-18-11/h4-7,9H,3,8H2,1-2H3,(H2,13,15,16,17). The first-order valence-corrected chi connectivity index (χ1v) is 6.87. The maximum absolute atomic E-state index is 4.37. The summed E-state index contributed by atoms with van der Waals surface area (Å²) in [5.74, 6) is 1.87. The van der Waals surface area contributed by atoms with Crippen molar-refractivity contribution in [3.05, 3.63) is 28.8 Å². The highest BCUT2D eigenvalue weighted by Gasteiger charge is 2.08. The average Bonchev–Trinajstić information content (AvgIpc) is 2.91. The molecule has 0 fully saturated rings. The van der Waals surface area contributed by atoms with Crippen LogP contribution in [0.1, 0.15) is 24.8 Å². The van der Waals surface area contributed by atoms with Crippen LogP contribution < -0.4 is 10.6 Å². The second-order valence-electron chi connectivity index (χ2n) is 3.95. The van der Waals surface area contributed by atoms with Crippen molar-refractivity contribution in [2.75, 3.05) is 23.7 Å². The van der Waals surface area contributed by atoms with E-state index in [0.29, 0.717) is 11.9 Å². The van der Waals surface area contributed by atoms with Crippen LogP contribution in [0.3, 0.4) is 0 Å². The molecule has 0 spiro atoms. The van der Waals surface area contributed by atoms with E-state index in [4.69, 9.17) is 0 Å². The van der Waals surface area contributed by atoms with Gasteiger partial charge in [-0.2, -0.15) is 4.98 Å². The van der Waals surface area contributed by atoms with Crippen LogP contribution in [-0.2, 0) is 0 Å². The van der Waals surface area contributed by atoms with Crippen LogP contribution in [-0.4, -0.2) is 28.0 Å². The Labute approximate surface area is 111 Å². The lowest BCUT2D eigenvalue weighted by Crippen LogP contribution is -2.11. The third-order valence-electron chi connectivity index (χ3n) is 2.45. The van der Waals surface area contributed by atoms with Crippen molar-refractivity contribution in [2.45, 2.75) is 19.8 Å². The monoisotopic (exact) mass is 263 g/mol. The molecule has 0 radical (unpaired) electrons. The summed E-state index contributed by atoms with van der Waals surface area (Å²) in [6, 6.07) is 1.87. The largest absolute Gasteiger partial charge is 0.369 e. The predicted octanol–water partition coefficient (Wildman–Crippen LogP) is 2.58. The molecule has 2 N–H and O–H groups in total. The van der Waals surface area contributed by atoms with Gasteiger partial charge in [0.2, 0.25) is 5.95 Å². The van der Waals surface area contributed by atoms with E-state index in [1.54, 1.807) is 17.5 Å². The lowest BCUT2D eigenvalue weighted by Gasteiger charge is -2.11. The van der Waals surface area contributed by atoms with E-state index < -0.39 is 0 Å². The molecule has 0 saturated carbocycles. The van der Waals surface area contributed by atoms with E-state index in [2.05, 4.69) is 32.5 Å². The van der Waals surface area contributed by atoms with Crippen molar-refractivity contribution >= 4 is 23.1 Å². The summed E-state index contributed by atoms with van der Waals surface area (Å²) in [7, 11) is 0. The molecule has 1 unspecified atom stereocenters. The van der Waals surface area contributed by atoms with E-state index >= 15 is 0 Å². The molecule has 96 valence electrons. The van der Waals surface area contributed by atoms with Gasteiger partial charge < -0.3 is 10.6 Å². The van der Waals surface area contributed by atoms with Crippen LogP contribution in [0.4, 0.5) is 11.8 Å². The fourth-order valence-corrected chi connectivity index (χ4v) is 2.22. The van der Waals surface area contributed by atoms with Gasteiger partial charge in [0.05, 0.1) is 5.01 Å². The minimum absolute atomic E-state index is 0.377. The third kappa shape index (κ3) is 3.40. The third-order valence-corrected chi connectivity index (χ3v) is 3.46. The Morgan fingerprint density at radius 1 is 1.28 bits per heavy atom. The number of hydrogen-bond donors (Lipinski definition) is 2. The molecule has 0 aliphatic heterocycles. The topological polar surface area (TPSA) is 62.7 Å². The number of nitrogens with one attached hydrogen (secondary N) is 2. The molecule has 2 rings (SSSR count). The molecule has 0 saturated heterocycles. The normalized spacial score (nSPS) is 12.1. The van der Waals surface area contributed by atoms with Gasteiger partial charge in [-0.15, -0.1) is 11.3 Å². The SMILES string of the molecule is CCNc1nccc(NCC(C)c2nccs2)n1. The maximum atomic E-state index is 4.37. The molecule has 0 bridgehead atoms. The predicted molar refractivity (Wildman–Crippen MR) is 75.2 cm³/mol. The van der Waals surface area contributed by atoms with Crippen LogP contribution in [0.2, 0.25) is 0 Å². The van der Waals surface area contributed by atoms with E-state index in [-0.39, 0.29) is 0 Å². The lowest BCUT2D eigenvalue weighted by molar-refractivity contribution is 0.791. The van der Waals surface area contributed by atoms with Crippen LogP contribution in [0.5, 0.6) is 0 Å². The summed E-state index contributed by atoms with van der Waals surface area (Å²) in [6.07, 6.45) is 3.59. The van der Waals surface area contributed by atoms with Gasteiger partial charge in [0.1, 0.15) is 5.82 Å². The molecule has 6 heteroatoms. The Morgan fingerprint density at radius 2 is 2.17 bits per heavy atom. The summed E-state index contributed by atoms with van der Waals surface area (Å²) in [4.78, 5) is 12.8. The van der Waals surface area contributed by atoms with E-state index in [0.717, 1.165) is 23.9 Å². The summed E-state index contributed by atoms with van der Waals surface area (Å²) in [6.45, 7) is 5.81. The van der Waals surface area contributed by atoms with Crippen molar-refractivity contribution in [3.63, 3.8) is 0 Å². The zero-order chi connectivity index (χ0) is 12.8. The average molecular weight is 263 g/mol. The Kier molecular flexibility index (Phi) is 4.46. The molecule has 0 aliphatic rings. The Morgan fingerprint density at radius 3 is 2.89 bits per heavy atom. The van der Waals surface area contributed by atoms with Gasteiger partial charge in [0, 0.05) is 36.8 Å². The van der Waals surface area contributed by atoms with Gasteiger partial charge in [0.15, 0.2) is 0 Å². The fraction of sp³-hybridized carbons (Fsp3) is 0.417. The number of anilines is 2. The van der Waals surface area contributed by atoms with Gasteiger partial charge in [-0.1, -0.05) is 6.92 Å². The molecule has 18 heavy (non-hydrogen) atoms. The van der Waals surface area contributed by atoms with Gasteiger partial charge >= 0.3 is 0 Å². The van der Waals surface area contributed by atoms with Crippen molar-refractivity contribution in [1.82, 2.24) is 15.0 Å². The number of nitrogens with zero attached hydrogens (tertiary/aromatic N) is 3. The summed E-state index contributed by atoms with van der Waals surface area (Å²) >= 11 is 1.68. The Hall–Kier alpha value is -1.69. The number of aromatic nitrogens is 3. The molecule has 2 aromatic rings. The first-order chi connectivity index (χ1) is 8.79. The minimum Gasteiger partial charge on any atom is -0.369 e. The zero-order valence-corrected chi connectivity index (χ0v) is 11.4. The first kappa shape index (κ1) is 12.8.